The normalized spacial score (nSPS) is 19.2. The molecule has 0 bridgehead atoms. The summed E-state index contributed by atoms with van der Waals surface area (Å²) in [6.07, 6.45) is 4.01. The van der Waals surface area contributed by atoms with Gasteiger partial charge in [-0.15, -0.1) is 0 Å². The van der Waals surface area contributed by atoms with Crippen LogP contribution in [0, 0.1) is 0 Å². The predicted molar refractivity (Wildman–Crippen MR) is 74.6 cm³/mol. The van der Waals surface area contributed by atoms with E-state index in [1.54, 1.807) is 16.7 Å². The molecule has 0 aromatic heterocycles. The monoisotopic (exact) mass is 290 g/mol. The lowest BCUT2D eigenvalue weighted by Crippen LogP contribution is -2.53. The first-order valence-corrected chi connectivity index (χ1v) is 7.87. The average molecular weight is 290 g/mol. The molecule has 0 aromatic rings. The Bertz CT molecular complexity index is 301. The van der Waals surface area contributed by atoms with Crippen LogP contribution in [0.5, 0.6) is 0 Å². The number of hydrogen-bond acceptors (Lipinski definition) is 4. The number of nitrogens with zero attached hydrogens (tertiary/aromatic N) is 1. The van der Waals surface area contributed by atoms with Gasteiger partial charge in [-0.25, -0.2) is 4.79 Å². The fraction of sp³-hybridized carbons (Fsp3) is 0.833. The van der Waals surface area contributed by atoms with Crippen molar-refractivity contribution >= 4 is 23.8 Å². The maximum absolute atomic E-state index is 12.0. The van der Waals surface area contributed by atoms with Gasteiger partial charge in [0.15, 0.2) is 0 Å². The summed E-state index contributed by atoms with van der Waals surface area (Å²) in [6.45, 7) is 1.85. The second-order valence-corrected chi connectivity index (χ2v) is 5.44. The Labute approximate surface area is 117 Å². The van der Waals surface area contributed by atoms with Crippen LogP contribution < -0.4 is 5.32 Å². The van der Waals surface area contributed by atoms with Gasteiger partial charge in [0, 0.05) is 13.1 Å². The van der Waals surface area contributed by atoms with Gasteiger partial charge in [0.25, 0.3) is 0 Å². The quantitative estimate of drug-likeness (QED) is 0.684. The molecule has 1 atom stereocenters. The van der Waals surface area contributed by atoms with E-state index in [0.717, 1.165) is 18.6 Å². The lowest BCUT2D eigenvalue weighted by atomic mass is 10.1. The number of carboxylic acid groups (broad SMARTS) is 1. The molecule has 0 spiro atoms. The topological polar surface area (TPSA) is 78.9 Å². The van der Waals surface area contributed by atoms with Crippen molar-refractivity contribution in [3.8, 4) is 0 Å². The van der Waals surface area contributed by atoms with E-state index in [1.165, 1.54) is 0 Å². The number of carbonyl (C=O) groups excluding carboxylic acids is 1. The molecule has 0 aromatic carbocycles. The zero-order valence-corrected chi connectivity index (χ0v) is 12.1. The van der Waals surface area contributed by atoms with Crippen LogP contribution in [0.3, 0.4) is 0 Å². The molecule has 6 nitrogen and oxygen atoms in total. The van der Waals surface area contributed by atoms with Crippen LogP contribution >= 0.6 is 11.8 Å². The summed E-state index contributed by atoms with van der Waals surface area (Å²) in [6, 6.07) is -0.545. The Balaban J connectivity index is 2.32. The fourth-order valence-corrected chi connectivity index (χ4v) is 2.45. The number of urea groups is 1. The fourth-order valence-electron chi connectivity index (χ4n) is 1.96. The van der Waals surface area contributed by atoms with E-state index in [2.05, 4.69) is 11.6 Å². The van der Waals surface area contributed by atoms with Crippen LogP contribution in [0.1, 0.15) is 19.3 Å². The first-order valence-electron chi connectivity index (χ1n) is 6.48. The highest BCUT2D eigenvalue weighted by molar-refractivity contribution is 7.98. The summed E-state index contributed by atoms with van der Waals surface area (Å²) >= 11 is 1.79. The molecule has 1 fully saturated rings. The third-order valence-electron chi connectivity index (χ3n) is 2.95. The number of hydrogen-bond donors (Lipinski definition) is 2. The Morgan fingerprint density at radius 2 is 2.26 bits per heavy atom. The van der Waals surface area contributed by atoms with Crippen molar-refractivity contribution < 1.29 is 19.4 Å². The lowest BCUT2D eigenvalue weighted by molar-refractivity contribution is -0.139. The Kier molecular flexibility index (Phi) is 7.66. The molecular weight excluding hydrogens is 268 g/mol. The van der Waals surface area contributed by atoms with Crippen LogP contribution in [0.25, 0.3) is 0 Å². The van der Waals surface area contributed by atoms with Crippen molar-refractivity contribution in [1.29, 1.82) is 0 Å². The van der Waals surface area contributed by atoms with Crippen molar-refractivity contribution in [2.24, 2.45) is 0 Å². The number of carboxylic acids is 1. The van der Waals surface area contributed by atoms with Gasteiger partial charge in [-0.2, -0.15) is 11.8 Å². The summed E-state index contributed by atoms with van der Waals surface area (Å²) in [5.41, 5.74) is 0. The van der Waals surface area contributed by atoms with E-state index >= 15 is 0 Å². The minimum atomic E-state index is -0.909. The van der Waals surface area contributed by atoms with Crippen molar-refractivity contribution in [2.75, 3.05) is 38.3 Å². The number of carbonyl (C=O) groups is 2. The third-order valence-corrected chi connectivity index (χ3v) is 3.65. The number of thioether (sulfide) groups is 1. The smallest absolute Gasteiger partial charge is 0.317 e. The standard InChI is InChI=1S/C12H22N2O4S/c1-19-7-3-2-4-13-12(17)14-5-6-18-9-10(14)8-11(15)16/h10H,2-9H2,1H3,(H,13,17)(H,15,16). The van der Waals surface area contributed by atoms with Gasteiger partial charge in [-0.05, 0) is 24.9 Å². The molecule has 1 unspecified atom stereocenters. The van der Waals surface area contributed by atoms with E-state index in [9.17, 15) is 9.59 Å². The molecule has 1 aliphatic rings. The second kappa shape index (κ2) is 9.03. The van der Waals surface area contributed by atoms with E-state index in [-0.39, 0.29) is 18.5 Å². The highest BCUT2D eigenvalue weighted by Crippen LogP contribution is 2.11. The zero-order chi connectivity index (χ0) is 14.1. The molecule has 2 N–H and O–H groups in total. The largest absolute Gasteiger partial charge is 0.481 e. The predicted octanol–water partition coefficient (Wildman–Crippen LogP) is 1.01. The van der Waals surface area contributed by atoms with Gasteiger partial charge in [0.1, 0.15) is 0 Å². The first-order chi connectivity index (χ1) is 9.15. The van der Waals surface area contributed by atoms with E-state index < -0.39 is 5.97 Å². The minimum Gasteiger partial charge on any atom is -0.481 e. The van der Waals surface area contributed by atoms with Crippen LogP contribution in [0.2, 0.25) is 0 Å². The highest BCUT2D eigenvalue weighted by Gasteiger charge is 2.28. The molecule has 0 saturated carbocycles. The van der Waals surface area contributed by atoms with Crippen molar-refractivity contribution in [3.63, 3.8) is 0 Å². The molecule has 110 valence electrons. The lowest BCUT2D eigenvalue weighted by Gasteiger charge is -2.34. The Morgan fingerprint density at radius 1 is 1.47 bits per heavy atom. The van der Waals surface area contributed by atoms with E-state index in [4.69, 9.17) is 9.84 Å². The van der Waals surface area contributed by atoms with Crippen LogP contribution in [0.4, 0.5) is 4.79 Å². The first kappa shape index (κ1) is 16.1. The summed E-state index contributed by atoms with van der Waals surface area (Å²) in [5.74, 6) is 0.183. The number of aliphatic carboxylic acids is 1. The minimum absolute atomic E-state index is 0.0695. The van der Waals surface area contributed by atoms with Crippen molar-refractivity contribution in [2.45, 2.75) is 25.3 Å². The molecule has 19 heavy (non-hydrogen) atoms. The number of ether oxygens (including phenoxy) is 1. The molecule has 1 aliphatic heterocycles. The van der Waals surface area contributed by atoms with E-state index in [1.807, 2.05) is 0 Å². The highest BCUT2D eigenvalue weighted by atomic mass is 32.2. The SMILES string of the molecule is CSCCCCNC(=O)N1CCOCC1CC(=O)O. The molecule has 1 saturated heterocycles. The van der Waals surface area contributed by atoms with E-state index in [0.29, 0.717) is 26.3 Å². The second-order valence-electron chi connectivity index (χ2n) is 4.45. The van der Waals surface area contributed by atoms with Crippen molar-refractivity contribution in [1.82, 2.24) is 10.2 Å². The van der Waals surface area contributed by atoms with Crippen LogP contribution in [-0.4, -0.2) is 66.4 Å². The molecule has 1 rings (SSSR count). The van der Waals surface area contributed by atoms with Crippen LogP contribution in [-0.2, 0) is 9.53 Å². The Morgan fingerprint density at radius 3 is 2.95 bits per heavy atom. The number of morpholine rings is 1. The van der Waals surface area contributed by atoms with Gasteiger partial charge in [-0.1, -0.05) is 0 Å². The van der Waals surface area contributed by atoms with Crippen molar-refractivity contribution in [3.05, 3.63) is 0 Å². The molecular formula is C12H22N2O4S. The zero-order valence-electron chi connectivity index (χ0n) is 11.3. The number of amides is 2. The summed E-state index contributed by atoms with van der Waals surface area (Å²) in [5, 5.41) is 11.7. The van der Waals surface area contributed by atoms with Crippen LogP contribution in [0.15, 0.2) is 0 Å². The third kappa shape index (κ3) is 6.15. The number of unbranched alkanes of at least 4 members (excludes halogenated alkanes) is 1. The molecule has 7 heteroatoms. The molecule has 0 radical (unpaired) electrons. The Hall–Kier alpha value is -0.950. The summed E-state index contributed by atoms with van der Waals surface area (Å²) < 4.78 is 5.23. The number of nitrogens with one attached hydrogen (secondary N) is 1. The maximum atomic E-state index is 12.0. The summed E-state index contributed by atoms with van der Waals surface area (Å²) in [7, 11) is 0. The maximum Gasteiger partial charge on any atom is 0.317 e. The average Bonchev–Trinajstić information content (AvgIpc) is 2.38. The van der Waals surface area contributed by atoms with Gasteiger partial charge >= 0.3 is 12.0 Å². The summed E-state index contributed by atoms with van der Waals surface area (Å²) in [4.78, 5) is 24.3. The van der Waals surface area contributed by atoms with Gasteiger partial charge in [-0.3, -0.25) is 4.79 Å². The van der Waals surface area contributed by atoms with Gasteiger partial charge < -0.3 is 20.1 Å². The molecule has 0 aliphatic carbocycles. The van der Waals surface area contributed by atoms with Gasteiger partial charge in [0.2, 0.25) is 0 Å². The molecule has 2 amide bonds. The van der Waals surface area contributed by atoms with Gasteiger partial charge in [0.05, 0.1) is 25.7 Å². The molecule has 1 heterocycles. The number of rotatable bonds is 7.